The van der Waals surface area contributed by atoms with Crippen molar-refractivity contribution in [1.29, 1.82) is 0 Å². The molecule has 0 aliphatic carbocycles. The van der Waals surface area contributed by atoms with Crippen LogP contribution in [-0.2, 0) is 11.8 Å². The molecule has 0 amide bonds. The number of nitrogens with two attached hydrogens (primary N) is 1. The molecule has 0 aromatic carbocycles. The molecule has 0 aliphatic heterocycles. The van der Waals surface area contributed by atoms with Gasteiger partial charge in [-0.2, -0.15) is 5.10 Å². The molecule has 0 radical (unpaired) electrons. The van der Waals surface area contributed by atoms with Crippen molar-refractivity contribution in [2.75, 3.05) is 6.61 Å². The topological polar surface area (TPSA) is 53.1 Å². The zero-order valence-corrected chi connectivity index (χ0v) is 9.97. The third kappa shape index (κ3) is 3.04. The Morgan fingerprint density at radius 2 is 2.20 bits per heavy atom. The van der Waals surface area contributed by atoms with Gasteiger partial charge >= 0.3 is 0 Å². The van der Waals surface area contributed by atoms with Crippen LogP contribution in [0.4, 0.5) is 0 Å². The minimum Gasteiger partial charge on any atom is -0.376 e. The van der Waals surface area contributed by atoms with Gasteiger partial charge in [-0.1, -0.05) is 13.8 Å². The van der Waals surface area contributed by atoms with Crippen LogP contribution < -0.4 is 5.73 Å². The van der Waals surface area contributed by atoms with E-state index in [4.69, 9.17) is 10.5 Å². The van der Waals surface area contributed by atoms with E-state index in [1.165, 1.54) is 0 Å². The van der Waals surface area contributed by atoms with Crippen LogP contribution in [0.3, 0.4) is 0 Å². The van der Waals surface area contributed by atoms with Crippen molar-refractivity contribution in [3.05, 3.63) is 18.0 Å². The van der Waals surface area contributed by atoms with Crippen LogP contribution in [0, 0.1) is 5.92 Å². The highest BCUT2D eigenvalue weighted by atomic mass is 16.5. The van der Waals surface area contributed by atoms with E-state index in [0.29, 0.717) is 12.5 Å². The summed E-state index contributed by atoms with van der Waals surface area (Å²) in [5.74, 6) is 0.403. The molecule has 1 heterocycles. The number of aromatic nitrogens is 2. The predicted octanol–water partition coefficient (Wildman–Crippen LogP) is 1.48. The lowest BCUT2D eigenvalue weighted by atomic mass is 9.96. The van der Waals surface area contributed by atoms with Crippen LogP contribution in [0.5, 0.6) is 0 Å². The second kappa shape index (κ2) is 5.28. The van der Waals surface area contributed by atoms with E-state index in [2.05, 4.69) is 18.9 Å². The Balaban J connectivity index is 2.75. The quantitative estimate of drug-likeness (QED) is 0.802. The second-order valence-corrected chi connectivity index (χ2v) is 4.14. The fourth-order valence-corrected chi connectivity index (χ4v) is 1.71. The average Bonchev–Trinajstić information content (AvgIpc) is 2.59. The number of ether oxygens (including phenoxy) is 1. The van der Waals surface area contributed by atoms with Gasteiger partial charge < -0.3 is 10.5 Å². The van der Waals surface area contributed by atoms with Gasteiger partial charge in [-0.15, -0.1) is 0 Å². The minimum atomic E-state index is -0.0985. The lowest BCUT2D eigenvalue weighted by Crippen LogP contribution is -2.33. The van der Waals surface area contributed by atoms with Gasteiger partial charge in [-0.05, 0) is 12.8 Å². The molecule has 4 heteroatoms. The van der Waals surface area contributed by atoms with E-state index in [1.807, 2.05) is 20.2 Å². The molecule has 2 atom stereocenters. The van der Waals surface area contributed by atoms with Crippen LogP contribution in [0.1, 0.15) is 32.4 Å². The highest BCUT2D eigenvalue weighted by molar-refractivity contribution is 5.11. The third-order valence-corrected chi connectivity index (χ3v) is 2.48. The molecular formula is C11H21N3O. The molecule has 15 heavy (non-hydrogen) atoms. The third-order valence-electron chi connectivity index (χ3n) is 2.48. The zero-order valence-electron chi connectivity index (χ0n) is 9.97. The summed E-state index contributed by atoms with van der Waals surface area (Å²) < 4.78 is 7.43. The van der Waals surface area contributed by atoms with Crippen molar-refractivity contribution in [1.82, 2.24) is 9.78 Å². The number of hydrogen-bond donors (Lipinski definition) is 1. The molecule has 2 N–H and O–H groups in total. The molecule has 4 nitrogen and oxygen atoms in total. The van der Waals surface area contributed by atoms with Gasteiger partial charge in [0, 0.05) is 25.4 Å². The highest BCUT2D eigenvalue weighted by Gasteiger charge is 2.23. The molecule has 0 bridgehead atoms. The number of aryl methyl sites for hydroxylation is 1. The number of nitrogens with zero attached hydrogens (tertiary/aromatic N) is 2. The van der Waals surface area contributed by atoms with E-state index in [-0.39, 0.29) is 12.1 Å². The summed E-state index contributed by atoms with van der Waals surface area (Å²) in [6.45, 7) is 6.93. The van der Waals surface area contributed by atoms with Crippen LogP contribution in [0.25, 0.3) is 0 Å². The first-order chi connectivity index (χ1) is 7.06. The SMILES string of the molecule is CCOC(C(C)C)C(N)c1cnn(C)c1. The van der Waals surface area contributed by atoms with Gasteiger partial charge in [-0.3, -0.25) is 4.68 Å². The van der Waals surface area contributed by atoms with Crippen LogP contribution in [0.2, 0.25) is 0 Å². The fraction of sp³-hybridized carbons (Fsp3) is 0.727. The summed E-state index contributed by atoms with van der Waals surface area (Å²) in [6.07, 6.45) is 3.80. The van der Waals surface area contributed by atoms with Crippen LogP contribution in [0.15, 0.2) is 12.4 Å². The van der Waals surface area contributed by atoms with E-state index < -0.39 is 0 Å². The van der Waals surface area contributed by atoms with Crippen molar-refractivity contribution in [3.63, 3.8) is 0 Å². The molecule has 0 saturated heterocycles. The second-order valence-electron chi connectivity index (χ2n) is 4.14. The van der Waals surface area contributed by atoms with Crippen LogP contribution >= 0.6 is 0 Å². The van der Waals surface area contributed by atoms with E-state index >= 15 is 0 Å². The smallest absolute Gasteiger partial charge is 0.0791 e. The monoisotopic (exact) mass is 211 g/mol. The van der Waals surface area contributed by atoms with Crippen molar-refractivity contribution in [2.24, 2.45) is 18.7 Å². The number of rotatable bonds is 5. The Labute approximate surface area is 91.4 Å². The maximum atomic E-state index is 6.16. The summed E-state index contributed by atoms with van der Waals surface area (Å²) >= 11 is 0. The van der Waals surface area contributed by atoms with Gasteiger partial charge in [0.1, 0.15) is 0 Å². The molecule has 0 aliphatic rings. The minimum absolute atomic E-state index is 0.0548. The maximum Gasteiger partial charge on any atom is 0.0791 e. The standard InChI is InChI=1S/C11H21N3O/c1-5-15-11(8(2)3)10(12)9-6-13-14(4)7-9/h6-8,10-11H,5,12H2,1-4H3. The predicted molar refractivity (Wildman–Crippen MR) is 60.4 cm³/mol. The van der Waals surface area contributed by atoms with Crippen molar-refractivity contribution in [2.45, 2.75) is 32.9 Å². The van der Waals surface area contributed by atoms with Crippen LogP contribution in [-0.4, -0.2) is 22.5 Å². The van der Waals surface area contributed by atoms with Gasteiger partial charge in [0.25, 0.3) is 0 Å². The average molecular weight is 211 g/mol. The van der Waals surface area contributed by atoms with Gasteiger partial charge in [0.05, 0.1) is 18.3 Å². The first-order valence-electron chi connectivity index (χ1n) is 5.42. The molecule has 0 saturated carbocycles. The van der Waals surface area contributed by atoms with E-state index in [1.54, 1.807) is 10.9 Å². The summed E-state index contributed by atoms with van der Waals surface area (Å²) in [5.41, 5.74) is 7.19. The Kier molecular flexibility index (Phi) is 4.29. The Morgan fingerprint density at radius 3 is 2.60 bits per heavy atom. The zero-order chi connectivity index (χ0) is 11.4. The summed E-state index contributed by atoms with van der Waals surface area (Å²) in [4.78, 5) is 0. The van der Waals surface area contributed by atoms with Gasteiger partial charge in [-0.25, -0.2) is 0 Å². The summed E-state index contributed by atoms with van der Waals surface area (Å²) in [5, 5.41) is 4.12. The van der Waals surface area contributed by atoms with Gasteiger partial charge in [0.15, 0.2) is 0 Å². The summed E-state index contributed by atoms with van der Waals surface area (Å²) in [6, 6.07) is -0.0985. The lowest BCUT2D eigenvalue weighted by Gasteiger charge is -2.26. The number of hydrogen-bond acceptors (Lipinski definition) is 3. The molecule has 0 spiro atoms. The Morgan fingerprint density at radius 1 is 1.53 bits per heavy atom. The maximum absolute atomic E-state index is 6.16. The summed E-state index contributed by atoms with van der Waals surface area (Å²) in [7, 11) is 1.89. The van der Waals surface area contributed by atoms with Crippen molar-refractivity contribution >= 4 is 0 Å². The molecule has 1 aromatic rings. The Hall–Kier alpha value is -0.870. The Bertz CT molecular complexity index is 296. The molecule has 1 rings (SSSR count). The molecule has 0 fully saturated rings. The first-order valence-corrected chi connectivity index (χ1v) is 5.42. The van der Waals surface area contributed by atoms with E-state index in [9.17, 15) is 0 Å². The van der Waals surface area contributed by atoms with Crippen molar-refractivity contribution < 1.29 is 4.74 Å². The first kappa shape index (κ1) is 12.2. The largest absolute Gasteiger partial charge is 0.376 e. The molecule has 86 valence electrons. The molecular weight excluding hydrogens is 190 g/mol. The van der Waals surface area contributed by atoms with Gasteiger partial charge in [0.2, 0.25) is 0 Å². The normalized spacial score (nSPS) is 15.6. The lowest BCUT2D eigenvalue weighted by molar-refractivity contribution is 0.0121. The highest BCUT2D eigenvalue weighted by Crippen LogP contribution is 2.21. The molecule has 1 aromatic heterocycles. The van der Waals surface area contributed by atoms with E-state index in [0.717, 1.165) is 5.56 Å². The van der Waals surface area contributed by atoms with Crippen molar-refractivity contribution in [3.8, 4) is 0 Å². The fourth-order valence-electron chi connectivity index (χ4n) is 1.71. The molecule has 2 unspecified atom stereocenters.